The first-order valence-corrected chi connectivity index (χ1v) is 9.76. The first-order valence-electron chi connectivity index (χ1n) is 9.76. The maximum Gasteiger partial charge on any atom is 0.166 e. The Hall–Kier alpha value is -2.48. The molecule has 0 heterocycles. The van der Waals surface area contributed by atoms with Crippen molar-refractivity contribution in [3.8, 4) is 22.3 Å². The Morgan fingerprint density at radius 3 is 1.85 bits per heavy atom. The summed E-state index contributed by atoms with van der Waals surface area (Å²) in [5.41, 5.74) is 4.64. The maximum absolute atomic E-state index is 14.0. The summed E-state index contributed by atoms with van der Waals surface area (Å²) in [7, 11) is 0. The van der Waals surface area contributed by atoms with Gasteiger partial charge >= 0.3 is 0 Å². The molecule has 0 aliphatic heterocycles. The molecule has 0 nitrogen and oxygen atoms in total. The van der Waals surface area contributed by atoms with Gasteiger partial charge in [0.15, 0.2) is 11.6 Å². The largest absolute Gasteiger partial charge is 0.204 e. The Morgan fingerprint density at radius 1 is 0.667 bits per heavy atom. The predicted octanol–water partition coefficient (Wildman–Crippen LogP) is 7.59. The molecule has 0 N–H and O–H groups in total. The molecule has 0 bridgehead atoms. The van der Waals surface area contributed by atoms with Crippen molar-refractivity contribution in [2.24, 2.45) is 5.92 Å². The molecule has 1 fully saturated rings. The smallest absolute Gasteiger partial charge is 0.166 e. The highest BCUT2D eigenvalue weighted by molar-refractivity contribution is 5.70. The topological polar surface area (TPSA) is 0 Å². The van der Waals surface area contributed by atoms with Gasteiger partial charge in [-0.25, -0.2) is 8.78 Å². The van der Waals surface area contributed by atoms with E-state index < -0.39 is 11.6 Å². The zero-order valence-corrected chi connectivity index (χ0v) is 15.6. The molecule has 0 radical (unpaired) electrons. The third kappa shape index (κ3) is 3.80. The van der Waals surface area contributed by atoms with Crippen LogP contribution < -0.4 is 0 Å². The molecule has 0 amide bonds. The third-order valence-corrected chi connectivity index (χ3v) is 5.88. The molecule has 27 heavy (non-hydrogen) atoms. The van der Waals surface area contributed by atoms with Gasteiger partial charge in [0.1, 0.15) is 0 Å². The monoisotopic (exact) mass is 362 g/mol. The molecule has 0 atom stereocenters. The molecule has 2 heteroatoms. The summed E-state index contributed by atoms with van der Waals surface area (Å²) in [6, 6.07) is 20.8. The normalized spacial score (nSPS) is 19.8. The molecule has 1 aliphatic carbocycles. The number of rotatable bonds is 3. The summed E-state index contributed by atoms with van der Waals surface area (Å²) < 4.78 is 27.4. The van der Waals surface area contributed by atoms with Crippen molar-refractivity contribution < 1.29 is 8.78 Å². The van der Waals surface area contributed by atoms with Crippen LogP contribution in [0.1, 0.15) is 44.1 Å². The molecule has 0 saturated heterocycles. The summed E-state index contributed by atoms with van der Waals surface area (Å²) in [4.78, 5) is 0. The van der Waals surface area contributed by atoms with Crippen molar-refractivity contribution in [1.29, 1.82) is 0 Å². The lowest BCUT2D eigenvalue weighted by molar-refractivity contribution is 0.348. The minimum absolute atomic E-state index is 0.295. The standard InChI is InChI=1S/C25H24F2/c1-17-5-7-18(8-6-17)19-9-11-20(12-10-19)21-13-15-22(16-14-21)23-3-2-4-24(26)25(23)27/h2-4,9-18H,5-8H2,1H3. The average Bonchev–Trinajstić information content (AvgIpc) is 2.71. The van der Waals surface area contributed by atoms with Gasteiger partial charge in [0.05, 0.1) is 0 Å². The fraction of sp³-hybridized carbons (Fsp3) is 0.280. The van der Waals surface area contributed by atoms with Gasteiger partial charge in [0, 0.05) is 5.56 Å². The first-order chi connectivity index (χ1) is 13.1. The van der Waals surface area contributed by atoms with E-state index in [9.17, 15) is 8.78 Å². The number of hydrogen-bond acceptors (Lipinski definition) is 0. The van der Waals surface area contributed by atoms with Crippen LogP contribution in [-0.4, -0.2) is 0 Å². The second kappa shape index (κ2) is 7.64. The van der Waals surface area contributed by atoms with Crippen molar-refractivity contribution in [2.45, 2.75) is 38.5 Å². The van der Waals surface area contributed by atoms with Crippen molar-refractivity contribution >= 4 is 0 Å². The first kappa shape index (κ1) is 17.9. The van der Waals surface area contributed by atoms with Crippen molar-refractivity contribution in [2.75, 3.05) is 0 Å². The second-order valence-electron chi connectivity index (χ2n) is 7.76. The van der Waals surface area contributed by atoms with Gasteiger partial charge in [0.25, 0.3) is 0 Å². The Morgan fingerprint density at radius 2 is 1.22 bits per heavy atom. The fourth-order valence-electron chi connectivity index (χ4n) is 4.11. The van der Waals surface area contributed by atoms with Crippen LogP contribution in [0.2, 0.25) is 0 Å². The van der Waals surface area contributed by atoms with Crippen LogP contribution in [0.4, 0.5) is 8.78 Å². The highest BCUT2D eigenvalue weighted by Crippen LogP contribution is 2.36. The van der Waals surface area contributed by atoms with Crippen LogP contribution in [0.25, 0.3) is 22.3 Å². The highest BCUT2D eigenvalue weighted by Gasteiger charge is 2.19. The summed E-state index contributed by atoms with van der Waals surface area (Å²) in [6.07, 6.45) is 5.22. The molecular weight excluding hydrogens is 338 g/mol. The maximum atomic E-state index is 14.0. The molecular formula is C25H24F2. The molecule has 3 aromatic carbocycles. The molecule has 138 valence electrons. The highest BCUT2D eigenvalue weighted by atomic mass is 19.2. The van der Waals surface area contributed by atoms with E-state index in [1.807, 2.05) is 24.3 Å². The molecule has 3 aromatic rings. The lowest BCUT2D eigenvalue weighted by Crippen LogP contribution is -2.10. The summed E-state index contributed by atoms with van der Waals surface area (Å²) in [6.45, 7) is 2.35. The summed E-state index contributed by atoms with van der Waals surface area (Å²) >= 11 is 0. The SMILES string of the molecule is CC1CCC(c2ccc(-c3ccc(-c4cccc(F)c4F)cc3)cc2)CC1. The van der Waals surface area contributed by atoms with Gasteiger partial charge in [0.2, 0.25) is 0 Å². The van der Waals surface area contributed by atoms with Crippen LogP contribution in [0.15, 0.2) is 66.7 Å². The Labute approximate surface area is 159 Å². The van der Waals surface area contributed by atoms with Gasteiger partial charge in [-0.2, -0.15) is 0 Å². The molecule has 0 aromatic heterocycles. The molecule has 1 saturated carbocycles. The zero-order valence-electron chi connectivity index (χ0n) is 15.6. The minimum atomic E-state index is -0.815. The fourth-order valence-corrected chi connectivity index (χ4v) is 4.11. The van der Waals surface area contributed by atoms with Crippen LogP contribution >= 0.6 is 0 Å². The van der Waals surface area contributed by atoms with Crippen LogP contribution in [-0.2, 0) is 0 Å². The molecule has 0 spiro atoms. The van der Waals surface area contributed by atoms with Gasteiger partial charge in [-0.3, -0.25) is 0 Å². The summed E-state index contributed by atoms with van der Waals surface area (Å²) in [5, 5.41) is 0. The van der Waals surface area contributed by atoms with E-state index in [0.717, 1.165) is 23.1 Å². The second-order valence-corrected chi connectivity index (χ2v) is 7.76. The van der Waals surface area contributed by atoms with E-state index in [1.165, 1.54) is 37.3 Å². The van der Waals surface area contributed by atoms with E-state index in [2.05, 4.69) is 31.2 Å². The van der Waals surface area contributed by atoms with Gasteiger partial charge < -0.3 is 0 Å². The Balaban J connectivity index is 1.53. The third-order valence-electron chi connectivity index (χ3n) is 5.88. The quantitative estimate of drug-likeness (QED) is 0.450. The molecule has 4 rings (SSSR count). The summed E-state index contributed by atoms with van der Waals surface area (Å²) in [5.74, 6) is -0.0591. The minimum Gasteiger partial charge on any atom is -0.204 e. The number of benzene rings is 3. The van der Waals surface area contributed by atoms with Crippen molar-refractivity contribution in [3.05, 3.63) is 83.9 Å². The zero-order chi connectivity index (χ0) is 18.8. The lowest BCUT2D eigenvalue weighted by atomic mass is 9.79. The van der Waals surface area contributed by atoms with Crippen molar-refractivity contribution in [1.82, 2.24) is 0 Å². The van der Waals surface area contributed by atoms with Crippen LogP contribution in [0.5, 0.6) is 0 Å². The van der Waals surface area contributed by atoms with Crippen LogP contribution in [0, 0.1) is 17.6 Å². The van der Waals surface area contributed by atoms with E-state index in [4.69, 9.17) is 0 Å². The average molecular weight is 362 g/mol. The van der Waals surface area contributed by atoms with Gasteiger partial charge in [-0.1, -0.05) is 80.4 Å². The Bertz CT molecular complexity index is 902. The number of halogens is 2. The van der Waals surface area contributed by atoms with E-state index in [0.29, 0.717) is 17.0 Å². The van der Waals surface area contributed by atoms with E-state index in [-0.39, 0.29) is 0 Å². The van der Waals surface area contributed by atoms with Gasteiger partial charge in [-0.05, 0) is 53.0 Å². The lowest BCUT2D eigenvalue weighted by Gasteiger charge is -2.26. The van der Waals surface area contributed by atoms with E-state index in [1.54, 1.807) is 6.07 Å². The molecule has 1 aliphatic rings. The number of hydrogen-bond donors (Lipinski definition) is 0. The Kier molecular flexibility index (Phi) is 5.07. The molecule has 0 unspecified atom stereocenters. The predicted molar refractivity (Wildman–Crippen MR) is 108 cm³/mol. The van der Waals surface area contributed by atoms with E-state index >= 15 is 0 Å². The van der Waals surface area contributed by atoms with Crippen LogP contribution in [0.3, 0.4) is 0 Å². The van der Waals surface area contributed by atoms with Crippen molar-refractivity contribution in [3.63, 3.8) is 0 Å². The van der Waals surface area contributed by atoms with Gasteiger partial charge in [-0.15, -0.1) is 0 Å².